The maximum Gasteiger partial charge on any atom is 0.319 e. The first-order valence-electron chi connectivity index (χ1n) is 9.51. The summed E-state index contributed by atoms with van der Waals surface area (Å²) in [6.07, 6.45) is 8.83. The molecule has 0 aliphatic heterocycles. The number of imidazole rings is 1. The number of carbonyl (C=O) groups excluding carboxylic acids is 1. The molecule has 4 aromatic rings. The predicted octanol–water partition coefficient (Wildman–Crippen LogP) is 4.17. The predicted molar refractivity (Wildman–Crippen MR) is 114 cm³/mol. The lowest BCUT2D eigenvalue weighted by Gasteiger charge is -2.12. The zero-order chi connectivity index (χ0) is 20.6. The summed E-state index contributed by atoms with van der Waals surface area (Å²) in [6.45, 7) is 0.837. The summed E-state index contributed by atoms with van der Waals surface area (Å²) in [7, 11) is 0. The maximum absolute atomic E-state index is 12.1. The normalized spacial score (nSPS) is 10.4. The van der Waals surface area contributed by atoms with Crippen LogP contribution >= 0.6 is 0 Å². The number of urea groups is 1. The van der Waals surface area contributed by atoms with E-state index in [0.717, 1.165) is 22.6 Å². The van der Waals surface area contributed by atoms with E-state index in [1.807, 2.05) is 59.3 Å². The minimum absolute atomic E-state index is 0.276. The Labute approximate surface area is 174 Å². The van der Waals surface area contributed by atoms with Crippen LogP contribution in [0.3, 0.4) is 0 Å². The number of rotatable bonds is 7. The summed E-state index contributed by atoms with van der Waals surface area (Å²) in [5, 5.41) is 5.60. The Morgan fingerprint density at radius 2 is 1.83 bits per heavy atom. The highest BCUT2D eigenvalue weighted by atomic mass is 16.5. The number of hydrogen-bond acceptors (Lipinski definition) is 4. The van der Waals surface area contributed by atoms with Crippen LogP contribution in [0.1, 0.15) is 11.1 Å². The third-order valence-corrected chi connectivity index (χ3v) is 4.46. The van der Waals surface area contributed by atoms with Crippen LogP contribution in [0, 0.1) is 0 Å². The second-order valence-electron chi connectivity index (χ2n) is 6.58. The standard InChI is InChI=1S/C23H21N5O2/c29-23(26-15-18-4-3-11-24-14-18)27-20-7-9-21(10-8-20)30-16-19-5-1-2-6-22(19)28-13-12-25-17-28/h1-14,17H,15-16H2,(H2,26,27,29). The molecule has 0 saturated heterocycles. The van der Waals surface area contributed by atoms with Crippen molar-refractivity contribution in [2.45, 2.75) is 13.2 Å². The average Bonchev–Trinajstić information content (AvgIpc) is 3.33. The Hall–Kier alpha value is -4.13. The molecule has 0 spiro atoms. The summed E-state index contributed by atoms with van der Waals surface area (Å²) in [5.74, 6) is 0.719. The van der Waals surface area contributed by atoms with Crippen LogP contribution in [-0.4, -0.2) is 20.6 Å². The Bertz CT molecular complexity index is 1080. The van der Waals surface area contributed by atoms with Crippen molar-refractivity contribution < 1.29 is 9.53 Å². The lowest BCUT2D eigenvalue weighted by Crippen LogP contribution is -2.28. The van der Waals surface area contributed by atoms with Crippen LogP contribution in [0.15, 0.2) is 91.8 Å². The number of amides is 2. The molecule has 0 radical (unpaired) electrons. The fourth-order valence-electron chi connectivity index (χ4n) is 2.94. The van der Waals surface area contributed by atoms with Crippen molar-refractivity contribution in [3.8, 4) is 11.4 Å². The van der Waals surface area contributed by atoms with Crippen molar-refractivity contribution >= 4 is 11.7 Å². The van der Waals surface area contributed by atoms with E-state index < -0.39 is 0 Å². The molecule has 0 aliphatic rings. The maximum atomic E-state index is 12.1. The molecule has 0 bridgehead atoms. The monoisotopic (exact) mass is 399 g/mol. The van der Waals surface area contributed by atoms with E-state index in [4.69, 9.17) is 4.74 Å². The zero-order valence-corrected chi connectivity index (χ0v) is 16.2. The molecule has 2 amide bonds. The van der Waals surface area contributed by atoms with Gasteiger partial charge in [0, 0.05) is 42.6 Å². The second-order valence-corrected chi connectivity index (χ2v) is 6.58. The number of carbonyl (C=O) groups is 1. The van der Waals surface area contributed by atoms with Gasteiger partial charge in [0.1, 0.15) is 12.4 Å². The molecule has 2 N–H and O–H groups in total. The molecule has 0 saturated carbocycles. The molecule has 2 heterocycles. The van der Waals surface area contributed by atoms with Gasteiger partial charge in [-0.15, -0.1) is 0 Å². The Balaban J connectivity index is 1.31. The lowest BCUT2D eigenvalue weighted by atomic mass is 10.2. The van der Waals surface area contributed by atoms with Crippen molar-refractivity contribution in [1.82, 2.24) is 19.9 Å². The highest BCUT2D eigenvalue weighted by molar-refractivity contribution is 5.89. The molecule has 150 valence electrons. The van der Waals surface area contributed by atoms with Crippen molar-refractivity contribution in [2.75, 3.05) is 5.32 Å². The van der Waals surface area contributed by atoms with Gasteiger partial charge in [-0.3, -0.25) is 4.98 Å². The quantitative estimate of drug-likeness (QED) is 0.489. The Morgan fingerprint density at radius 1 is 0.967 bits per heavy atom. The molecule has 2 aromatic heterocycles. The first-order chi connectivity index (χ1) is 14.8. The van der Waals surface area contributed by atoms with Crippen LogP contribution in [-0.2, 0) is 13.2 Å². The van der Waals surface area contributed by atoms with Crippen molar-refractivity contribution in [3.05, 3.63) is 103 Å². The highest BCUT2D eigenvalue weighted by Crippen LogP contribution is 2.20. The molecule has 0 fully saturated rings. The minimum atomic E-state index is -0.276. The molecule has 4 rings (SSSR count). The van der Waals surface area contributed by atoms with Gasteiger partial charge < -0.3 is 19.9 Å². The van der Waals surface area contributed by atoms with E-state index in [1.54, 1.807) is 37.1 Å². The number of benzene rings is 2. The lowest BCUT2D eigenvalue weighted by molar-refractivity contribution is 0.251. The fourth-order valence-corrected chi connectivity index (χ4v) is 2.94. The smallest absolute Gasteiger partial charge is 0.319 e. The largest absolute Gasteiger partial charge is 0.489 e. The molecule has 0 atom stereocenters. The van der Waals surface area contributed by atoms with Gasteiger partial charge in [0.25, 0.3) is 0 Å². The molecule has 0 aliphatic carbocycles. The van der Waals surface area contributed by atoms with E-state index in [1.165, 1.54) is 0 Å². The summed E-state index contributed by atoms with van der Waals surface area (Å²) in [5.41, 5.74) is 3.70. The first kappa shape index (κ1) is 19.2. The van der Waals surface area contributed by atoms with Gasteiger partial charge in [-0.05, 0) is 42.0 Å². The van der Waals surface area contributed by atoms with Gasteiger partial charge in [-0.25, -0.2) is 9.78 Å². The van der Waals surface area contributed by atoms with Gasteiger partial charge in [-0.1, -0.05) is 24.3 Å². The number of ether oxygens (including phenoxy) is 1. The van der Waals surface area contributed by atoms with Crippen LogP contribution in [0.4, 0.5) is 10.5 Å². The average molecular weight is 399 g/mol. The van der Waals surface area contributed by atoms with Crippen molar-refractivity contribution in [1.29, 1.82) is 0 Å². The van der Waals surface area contributed by atoms with Gasteiger partial charge in [0.05, 0.1) is 12.0 Å². The summed E-state index contributed by atoms with van der Waals surface area (Å²) in [4.78, 5) is 20.2. The number of hydrogen-bond donors (Lipinski definition) is 2. The number of nitrogens with one attached hydrogen (secondary N) is 2. The van der Waals surface area contributed by atoms with Crippen LogP contribution in [0.25, 0.3) is 5.69 Å². The zero-order valence-electron chi connectivity index (χ0n) is 16.2. The van der Waals surface area contributed by atoms with Crippen LogP contribution in [0.5, 0.6) is 5.75 Å². The van der Waals surface area contributed by atoms with E-state index >= 15 is 0 Å². The van der Waals surface area contributed by atoms with Crippen LogP contribution in [0.2, 0.25) is 0 Å². The van der Waals surface area contributed by atoms with Gasteiger partial charge >= 0.3 is 6.03 Å². The molecule has 0 unspecified atom stereocenters. The summed E-state index contributed by atoms with van der Waals surface area (Å²) in [6, 6.07) is 18.8. The summed E-state index contributed by atoms with van der Waals surface area (Å²) < 4.78 is 7.88. The third kappa shape index (κ3) is 5.02. The summed E-state index contributed by atoms with van der Waals surface area (Å²) >= 11 is 0. The SMILES string of the molecule is O=C(NCc1cccnc1)Nc1ccc(OCc2ccccc2-n2ccnc2)cc1. The molecular formula is C23H21N5O2. The molecular weight excluding hydrogens is 378 g/mol. The van der Waals surface area contributed by atoms with Crippen molar-refractivity contribution in [2.24, 2.45) is 0 Å². The number of aromatic nitrogens is 3. The molecule has 2 aromatic carbocycles. The van der Waals surface area contributed by atoms with Crippen molar-refractivity contribution in [3.63, 3.8) is 0 Å². The molecule has 7 heteroatoms. The topological polar surface area (TPSA) is 81.1 Å². The second kappa shape index (κ2) is 9.38. The number of nitrogens with zero attached hydrogens (tertiary/aromatic N) is 3. The number of pyridine rings is 1. The minimum Gasteiger partial charge on any atom is -0.489 e. The van der Waals surface area contributed by atoms with E-state index in [-0.39, 0.29) is 6.03 Å². The number of para-hydroxylation sites is 1. The molecule has 7 nitrogen and oxygen atoms in total. The third-order valence-electron chi connectivity index (χ3n) is 4.46. The Morgan fingerprint density at radius 3 is 2.60 bits per heavy atom. The van der Waals surface area contributed by atoms with E-state index in [9.17, 15) is 4.79 Å². The van der Waals surface area contributed by atoms with Gasteiger partial charge in [0.2, 0.25) is 0 Å². The van der Waals surface area contributed by atoms with Crippen LogP contribution < -0.4 is 15.4 Å². The molecule has 30 heavy (non-hydrogen) atoms. The van der Waals surface area contributed by atoms with E-state index in [2.05, 4.69) is 20.6 Å². The highest BCUT2D eigenvalue weighted by Gasteiger charge is 2.06. The van der Waals surface area contributed by atoms with Gasteiger partial charge in [-0.2, -0.15) is 0 Å². The van der Waals surface area contributed by atoms with E-state index in [0.29, 0.717) is 18.8 Å². The first-order valence-corrected chi connectivity index (χ1v) is 9.51. The fraction of sp³-hybridized carbons (Fsp3) is 0.0870. The number of anilines is 1. The van der Waals surface area contributed by atoms with Gasteiger partial charge in [0.15, 0.2) is 0 Å². The Kier molecular flexibility index (Phi) is 6.00.